The van der Waals surface area contributed by atoms with Gasteiger partial charge in [-0.05, 0) is 69.8 Å². The van der Waals surface area contributed by atoms with Crippen LogP contribution in [0.4, 0.5) is 10.1 Å². The van der Waals surface area contributed by atoms with Gasteiger partial charge in [0.2, 0.25) is 0 Å². The van der Waals surface area contributed by atoms with Crippen LogP contribution in [-0.2, 0) is 0 Å². The van der Waals surface area contributed by atoms with E-state index < -0.39 is 0 Å². The fourth-order valence-electron chi connectivity index (χ4n) is 2.47. The lowest BCUT2D eigenvalue weighted by molar-refractivity contribution is 0.103. The molecule has 0 bridgehead atoms. The number of rotatable bonds is 3. The molecule has 4 aromatic rings. The number of aromatic amines is 1. The Morgan fingerprint density at radius 3 is 2.68 bits per heavy atom. The van der Waals surface area contributed by atoms with Gasteiger partial charge in [0, 0.05) is 15.7 Å². The van der Waals surface area contributed by atoms with Crippen molar-refractivity contribution in [1.29, 1.82) is 0 Å². The summed E-state index contributed by atoms with van der Waals surface area (Å²) in [6.45, 7) is 0. The van der Waals surface area contributed by atoms with E-state index >= 15 is 0 Å². The number of carbonyl (C=O) groups excluding carboxylic acids is 1. The third-order valence-electron chi connectivity index (χ3n) is 3.68. The maximum absolute atomic E-state index is 13.3. The summed E-state index contributed by atoms with van der Waals surface area (Å²) in [5.41, 5.74) is 2.90. The maximum Gasteiger partial charge on any atom is 0.266 e. The summed E-state index contributed by atoms with van der Waals surface area (Å²) < 4.78 is 14.1. The number of nitrogens with zero attached hydrogens (tertiary/aromatic N) is 1. The number of nitrogens with one attached hydrogen (secondary N) is 2. The number of H-pyrrole nitrogens is 1. The van der Waals surface area contributed by atoms with E-state index in [1.807, 2.05) is 35.7 Å². The molecule has 7 heteroatoms. The molecule has 2 aromatic heterocycles. The van der Waals surface area contributed by atoms with Gasteiger partial charge in [0.1, 0.15) is 16.5 Å². The first-order valence-electron chi connectivity index (χ1n) is 7.40. The monoisotopic (exact) mass is 415 g/mol. The zero-order valence-corrected chi connectivity index (χ0v) is 15.1. The second-order valence-corrected chi connectivity index (χ2v) is 7.15. The number of benzene rings is 2. The highest BCUT2D eigenvalue weighted by atomic mass is 79.9. The van der Waals surface area contributed by atoms with Crippen LogP contribution < -0.4 is 5.32 Å². The van der Waals surface area contributed by atoms with Crippen molar-refractivity contribution in [3.8, 4) is 11.4 Å². The number of aromatic nitrogens is 2. The first kappa shape index (κ1) is 16.0. The number of fused-ring (bicyclic) bond motifs is 1. The van der Waals surface area contributed by atoms with Gasteiger partial charge in [-0.3, -0.25) is 4.79 Å². The second-order valence-electron chi connectivity index (χ2n) is 5.38. The van der Waals surface area contributed by atoms with Gasteiger partial charge >= 0.3 is 0 Å². The summed E-state index contributed by atoms with van der Waals surface area (Å²) in [6, 6.07) is 13.6. The molecule has 0 aliphatic heterocycles. The molecule has 0 aliphatic rings. The molecular formula is C18H11BrFN3OS. The smallest absolute Gasteiger partial charge is 0.266 e. The lowest BCUT2D eigenvalue weighted by Crippen LogP contribution is -2.10. The third-order valence-corrected chi connectivity index (χ3v) is 5.52. The Morgan fingerprint density at radius 1 is 1.16 bits per heavy atom. The van der Waals surface area contributed by atoms with Gasteiger partial charge < -0.3 is 10.3 Å². The van der Waals surface area contributed by atoms with Crippen LogP contribution in [0.5, 0.6) is 0 Å². The van der Waals surface area contributed by atoms with Gasteiger partial charge in [0.05, 0.1) is 11.0 Å². The molecule has 0 fully saturated rings. The summed E-state index contributed by atoms with van der Waals surface area (Å²) in [5.74, 6) is 0.189. The van der Waals surface area contributed by atoms with Crippen LogP contribution >= 0.6 is 27.3 Å². The highest BCUT2D eigenvalue weighted by molar-refractivity contribution is 9.10. The third kappa shape index (κ3) is 3.20. The van der Waals surface area contributed by atoms with Crippen LogP contribution in [-0.4, -0.2) is 15.9 Å². The molecule has 4 nitrogen and oxygen atoms in total. The lowest BCUT2D eigenvalue weighted by Gasteiger charge is -2.05. The Morgan fingerprint density at radius 2 is 1.96 bits per heavy atom. The topological polar surface area (TPSA) is 57.8 Å². The normalized spacial score (nSPS) is 11.0. The lowest BCUT2D eigenvalue weighted by atomic mass is 10.2. The molecule has 2 N–H and O–H groups in total. The summed E-state index contributed by atoms with van der Waals surface area (Å²) in [5, 5.41) is 4.71. The van der Waals surface area contributed by atoms with E-state index in [1.165, 1.54) is 23.5 Å². The van der Waals surface area contributed by atoms with E-state index in [1.54, 1.807) is 6.07 Å². The number of carbonyl (C=O) groups is 1. The molecule has 0 spiro atoms. The van der Waals surface area contributed by atoms with Crippen molar-refractivity contribution < 1.29 is 9.18 Å². The Kier molecular flexibility index (Phi) is 4.10. The maximum atomic E-state index is 13.3. The minimum Gasteiger partial charge on any atom is -0.338 e. The number of halogens is 2. The van der Waals surface area contributed by atoms with E-state index in [-0.39, 0.29) is 11.7 Å². The van der Waals surface area contributed by atoms with Gasteiger partial charge in [0.15, 0.2) is 0 Å². The Labute approximate surface area is 154 Å². The first-order chi connectivity index (χ1) is 12.1. The van der Waals surface area contributed by atoms with Gasteiger partial charge in [-0.2, -0.15) is 0 Å². The average Bonchev–Trinajstić information content (AvgIpc) is 3.21. The number of anilines is 1. The highest BCUT2D eigenvalue weighted by Gasteiger charge is 2.12. The standard InChI is InChI=1S/C18H11BrFN3OS/c19-13-7-8-25-16(13)18(24)21-12-4-1-10(2-5-12)17-22-14-6-3-11(20)9-15(14)23-17/h1-9H,(H,21,24)(H,22,23). The van der Waals surface area contributed by atoms with Crippen molar-refractivity contribution in [2.45, 2.75) is 0 Å². The van der Waals surface area contributed by atoms with Gasteiger partial charge in [-0.1, -0.05) is 0 Å². The molecule has 0 atom stereocenters. The number of thiophene rings is 1. The Balaban J connectivity index is 1.57. The van der Waals surface area contributed by atoms with Crippen molar-refractivity contribution in [3.05, 3.63) is 69.1 Å². The van der Waals surface area contributed by atoms with Crippen molar-refractivity contribution in [2.24, 2.45) is 0 Å². The zero-order valence-electron chi connectivity index (χ0n) is 12.7. The molecule has 0 saturated carbocycles. The molecule has 124 valence electrons. The average molecular weight is 416 g/mol. The molecule has 0 unspecified atom stereocenters. The molecule has 2 aromatic carbocycles. The minimum absolute atomic E-state index is 0.158. The summed E-state index contributed by atoms with van der Waals surface area (Å²) in [4.78, 5) is 20.4. The summed E-state index contributed by atoms with van der Waals surface area (Å²) in [7, 11) is 0. The van der Waals surface area contributed by atoms with Gasteiger partial charge in [-0.15, -0.1) is 11.3 Å². The van der Waals surface area contributed by atoms with Crippen molar-refractivity contribution >= 4 is 49.9 Å². The van der Waals surface area contributed by atoms with E-state index in [9.17, 15) is 9.18 Å². The fourth-order valence-corrected chi connectivity index (χ4v) is 3.92. The van der Waals surface area contributed by atoms with Crippen molar-refractivity contribution in [1.82, 2.24) is 9.97 Å². The number of amides is 1. The van der Waals surface area contributed by atoms with E-state index in [2.05, 4.69) is 31.2 Å². The van der Waals surface area contributed by atoms with Crippen LogP contribution in [0.2, 0.25) is 0 Å². The molecule has 0 saturated heterocycles. The highest BCUT2D eigenvalue weighted by Crippen LogP contribution is 2.25. The van der Waals surface area contributed by atoms with Gasteiger partial charge in [-0.25, -0.2) is 9.37 Å². The number of hydrogen-bond acceptors (Lipinski definition) is 3. The Bertz CT molecular complexity index is 1070. The van der Waals surface area contributed by atoms with Crippen molar-refractivity contribution in [2.75, 3.05) is 5.32 Å². The van der Waals surface area contributed by atoms with Crippen LogP contribution in [0.15, 0.2) is 58.4 Å². The predicted octanol–water partition coefficient (Wildman–Crippen LogP) is 5.45. The molecular weight excluding hydrogens is 405 g/mol. The van der Waals surface area contributed by atoms with Crippen LogP contribution in [0.1, 0.15) is 9.67 Å². The fraction of sp³-hybridized carbons (Fsp3) is 0. The predicted molar refractivity (Wildman–Crippen MR) is 101 cm³/mol. The SMILES string of the molecule is O=C(Nc1ccc(-c2nc3ccc(F)cc3[nH]2)cc1)c1sccc1Br. The summed E-state index contributed by atoms with van der Waals surface area (Å²) in [6.07, 6.45) is 0. The molecule has 0 aliphatic carbocycles. The van der Waals surface area contributed by atoms with Crippen LogP contribution in [0.25, 0.3) is 22.4 Å². The number of imidazole rings is 1. The molecule has 4 rings (SSSR count). The molecule has 25 heavy (non-hydrogen) atoms. The van der Waals surface area contributed by atoms with E-state index in [0.717, 1.165) is 10.0 Å². The zero-order chi connectivity index (χ0) is 17.4. The molecule has 0 radical (unpaired) electrons. The largest absolute Gasteiger partial charge is 0.338 e. The quantitative estimate of drug-likeness (QED) is 0.467. The van der Waals surface area contributed by atoms with E-state index in [0.29, 0.717) is 27.4 Å². The molecule has 1 amide bonds. The Hall–Kier alpha value is -2.51. The van der Waals surface area contributed by atoms with Gasteiger partial charge in [0.25, 0.3) is 5.91 Å². The second kappa shape index (κ2) is 6.42. The van der Waals surface area contributed by atoms with Crippen LogP contribution in [0, 0.1) is 5.82 Å². The molecule has 2 heterocycles. The van der Waals surface area contributed by atoms with Crippen molar-refractivity contribution in [3.63, 3.8) is 0 Å². The van der Waals surface area contributed by atoms with E-state index in [4.69, 9.17) is 0 Å². The first-order valence-corrected chi connectivity index (χ1v) is 9.07. The minimum atomic E-state index is -0.305. The summed E-state index contributed by atoms with van der Waals surface area (Å²) >= 11 is 4.73. The van der Waals surface area contributed by atoms with Crippen LogP contribution in [0.3, 0.4) is 0 Å². The number of hydrogen-bond donors (Lipinski definition) is 2.